The molecule has 0 unspecified atom stereocenters. The normalized spacial score (nSPS) is 9.43. The number of hydrogen-bond donors (Lipinski definition) is 0. The van der Waals surface area contributed by atoms with Gasteiger partial charge in [0.1, 0.15) is 0 Å². The third-order valence-electron chi connectivity index (χ3n) is 4.11. The molecule has 0 aliphatic rings. The first-order valence-electron chi connectivity index (χ1n) is 9.40. The van der Waals surface area contributed by atoms with E-state index in [-0.39, 0.29) is 0 Å². The Morgan fingerprint density at radius 2 is 0.714 bits per heavy atom. The maximum Gasteiger partial charge on any atom is 0.0175 e. The fourth-order valence-corrected chi connectivity index (χ4v) is 2.72. The standard InChI is InChI=1S/C13H11Br.2C7H8/c1-10-2-4-11(5-3-10)12-6-8-13(14)9-7-12;2*1-7-5-3-2-4-6-7/h2-9H,1H3;2*2-6H,1H3. The van der Waals surface area contributed by atoms with E-state index in [1.807, 2.05) is 36.4 Å². The molecule has 4 aromatic rings. The molecule has 0 heterocycles. The molecule has 0 fully saturated rings. The highest BCUT2D eigenvalue weighted by Crippen LogP contribution is 2.21. The molecule has 0 nitrogen and oxygen atoms in total. The summed E-state index contributed by atoms with van der Waals surface area (Å²) in [6.45, 7) is 6.27. The second-order valence-electron chi connectivity index (χ2n) is 6.68. The molecule has 0 atom stereocenters. The van der Waals surface area contributed by atoms with Crippen LogP contribution in [0.2, 0.25) is 0 Å². The minimum atomic E-state index is 1.12. The number of rotatable bonds is 1. The molecule has 142 valence electrons. The maximum atomic E-state index is 3.43. The zero-order valence-corrected chi connectivity index (χ0v) is 18.4. The summed E-state index contributed by atoms with van der Waals surface area (Å²) in [4.78, 5) is 0. The van der Waals surface area contributed by atoms with Gasteiger partial charge in [0.2, 0.25) is 0 Å². The molecule has 0 radical (unpaired) electrons. The summed E-state index contributed by atoms with van der Waals surface area (Å²) in [6, 6.07) is 37.5. The van der Waals surface area contributed by atoms with Gasteiger partial charge in [-0.1, -0.05) is 130 Å². The summed E-state index contributed by atoms with van der Waals surface area (Å²) in [6.07, 6.45) is 0. The second-order valence-corrected chi connectivity index (χ2v) is 7.60. The van der Waals surface area contributed by atoms with E-state index in [9.17, 15) is 0 Å². The van der Waals surface area contributed by atoms with Gasteiger partial charge in [0.25, 0.3) is 0 Å². The molecule has 0 aliphatic heterocycles. The molecule has 4 rings (SSSR count). The van der Waals surface area contributed by atoms with Gasteiger partial charge in [-0.2, -0.15) is 0 Å². The molecule has 28 heavy (non-hydrogen) atoms. The van der Waals surface area contributed by atoms with E-state index in [4.69, 9.17) is 0 Å². The van der Waals surface area contributed by atoms with Crippen molar-refractivity contribution in [1.29, 1.82) is 0 Å². The molecule has 0 spiro atoms. The largest absolute Gasteiger partial charge is 0.0622 e. The van der Waals surface area contributed by atoms with Gasteiger partial charge in [-0.15, -0.1) is 0 Å². The number of aryl methyl sites for hydroxylation is 3. The highest BCUT2D eigenvalue weighted by molar-refractivity contribution is 9.10. The van der Waals surface area contributed by atoms with Crippen LogP contribution in [0.25, 0.3) is 11.1 Å². The molecular formula is C27H27Br. The van der Waals surface area contributed by atoms with Gasteiger partial charge >= 0.3 is 0 Å². The van der Waals surface area contributed by atoms with Crippen molar-refractivity contribution >= 4 is 15.9 Å². The quantitative estimate of drug-likeness (QED) is 0.284. The van der Waals surface area contributed by atoms with E-state index < -0.39 is 0 Å². The van der Waals surface area contributed by atoms with Crippen LogP contribution in [-0.2, 0) is 0 Å². The minimum Gasteiger partial charge on any atom is -0.0622 e. The topological polar surface area (TPSA) is 0 Å². The van der Waals surface area contributed by atoms with Gasteiger partial charge in [0, 0.05) is 4.47 Å². The minimum absolute atomic E-state index is 1.12. The predicted molar refractivity (Wildman–Crippen MR) is 127 cm³/mol. The third-order valence-corrected chi connectivity index (χ3v) is 4.64. The van der Waals surface area contributed by atoms with Gasteiger partial charge < -0.3 is 0 Å². The average Bonchev–Trinajstić information content (AvgIpc) is 2.72. The molecule has 0 saturated carbocycles. The van der Waals surface area contributed by atoms with E-state index in [0.717, 1.165) is 4.47 Å². The van der Waals surface area contributed by atoms with E-state index in [2.05, 4.69) is 109 Å². The van der Waals surface area contributed by atoms with Gasteiger partial charge in [0.15, 0.2) is 0 Å². The van der Waals surface area contributed by atoms with Crippen molar-refractivity contribution < 1.29 is 0 Å². The Morgan fingerprint density at radius 1 is 0.393 bits per heavy atom. The summed E-state index contributed by atoms with van der Waals surface area (Å²) in [5.41, 5.74) is 6.46. The van der Waals surface area contributed by atoms with Crippen LogP contribution in [0.1, 0.15) is 16.7 Å². The molecule has 0 bridgehead atoms. The fourth-order valence-electron chi connectivity index (χ4n) is 2.46. The lowest BCUT2D eigenvalue weighted by Gasteiger charge is -2.01. The Kier molecular flexibility index (Phi) is 9.24. The van der Waals surface area contributed by atoms with Crippen molar-refractivity contribution in [1.82, 2.24) is 0 Å². The average molecular weight is 431 g/mol. The molecular weight excluding hydrogens is 404 g/mol. The molecule has 0 saturated heterocycles. The monoisotopic (exact) mass is 430 g/mol. The summed E-state index contributed by atoms with van der Waals surface area (Å²) in [5, 5.41) is 0. The van der Waals surface area contributed by atoms with E-state index in [1.54, 1.807) is 0 Å². The van der Waals surface area contributed by atoms with Crippen LogP contribution in [-0.4, -0.2) is 0 Å². The van der Waals surface area contributed by atoms with Crippen LogP contribution in [0.4, 0.5) is 0 Å². The van der Waals surface area contributed by atoms with Gasteiger partial charge in [-0.05, 0) is 44.0 Å². The fraction of sp³-hybridized carbons (Fsp3) is 0.111. The Balaban J connectivity index is 0.000000168. The van der Waals surface area contributed by atoms with Gasteiger partial charge in [0.05, 0.1) is 0 Å². The number of hydrogen-bond acceptors (Lipinski definition) is 0. The van der Waals surface area contributed by atoms with Gasteiger partial charge in [-0.3, -0.25) is 0 Å². The summed E-state index contributed by atoms with van der Waals surface area (Å²) < 4.78 is 1.12. The molecule has 1 heteroatoms. The van der Waals surface area contributed by atoms with Crippen molar-refractivity contribution in [2.75, 3.05) is 0 Å². The van der Waals surface area contributed by atoms with Crippen molar-refractivity contribution in [2.45, 2.75) is 20.8 Å². The van der Waals surface area contributed by atoms with Crippen LogP contribution in [0.3, 0.4) is 0 Å². The smallest absolute Gasteiger partial charge is 0.0175 e. The number of benzene rings is 4. The van der Waals surface area contributed by atoms with Crippen molar-refractivity contribution in [2.24, 2.45) is 0 Å². The Morgan fingerprint density at radius 3 is 1.04 bits per heavy atom. The first kappa shape index (κ1) is 21.7. The Labute approximate surface area is 178 Å². The number of halogens is 1. The zero-order chi connectivity index (χ0) is 20.2. The molecule has 0 amide bonds. The summed E-state index contributed by atoms with van der Waals surface area (Å²) in [5.74, 6) is 0. The van der Waals surface area contributed by atoms with E-state index in [0.29, 0.717) is 0 Å². The van der Waals surface area contributed by atoms with Crippen LogP contribution in [0.15, 0.2) is 114 Å². The highest BCUT2D eigenvalue weighted by atomic mass is 79.9. The van der Waals surface area contributed by atoms with Crippen LogP contribution >= 0.6 is 15.9 Å². The molecule has 0 aromatic heterocycles. The van der Waals surface area contributed by atoms with E-state index >= 15 is 0 Å². The lowest BCUT2D eigenvalue weighted by Crippen LogP contribution is -1.77. The summed E-state index contributed by atoms with van der Waals surface area (Å²) >= 11 is 3.43. The SMILES string of the molecule is Cc1ccc(-c2ccc(Br)cc2)cc1.Cc1ccccc1.Cc1ccccc1. The first-order chi connectivity index (χ1) is 13.5. The lowest BCUT2D eigenvalue weighted by molar-refractivity contribution is 1.47. The summed E-state index contributed by atoms with van der Waals surface area (Å²) in [7, 11) is 0. The molecule has 0 aliphatic carbocycles. The molecule has 0 N–H and O–H groups in total. The van der Waals surface area contributed by atoms with Crippen LogP contribution < -0.4 is 0 Å². The Hall–Kier alpha value is -2.64. The lowest BCUT2D eigenvalue weighted by atomic mass is 10.0. The van der Waals surface area contributed by atoms with Crippen LogP contribution in [0.5, 0.6) is 0 Å². The van der Waals surface area contributed by atoms with Crippen LogP contribution in [0, 0.1) is 20.8 Å². The molecule has 4 aromatic carbocycles. The van der Waals surface area contributed by atoms with E-state index in [1.165, 1.54) is 27.8 Å². The van der Waals surface area contributed by atoms with Crippen molar-refractivity contribution in [3.05, 3.63) is 130 Å². The zero-order valence-electron chi connectivity index (χ0n) is 16.8. The Bertz CT molecular complexity index is 828. The third kappa shape index (κ3) is 8.37. The van der Waals surface area contributed by atoms with Crippen molar-refractivity contribution in [3.63, 3.8) is 0 Å². The highest BCUT2D eigenvalue weighted by Gasteiger charge is 1.95. The second kappa shape index (κ2) is 11.9. The van der Waals surface area contributed by atoms with Gasteiger partial charge in [-0.25, -0.2) is 0 Å². The van der Waals surface area contributed by atoms with Crippen molar-refractivity contribution in [3.8, 4) is 11.1 Å². The predicted octanol–water partition coefficient (Wildman–Crippen LogP) is 8.41. The first-order valence-corrected chi connectivity index (χ1v) is 10.2. The maximum absolute atomic E-state index is 3.43.